The number of halogens is 1. The minimum atomic E-state index is -0.448. The van der Waals surface area contributed by atoms with Crippen LogP contribution >= 0.6 is 11.6 Å². The molecule has 1 saturated heterocycles. The predicted molar refractivity (Wildman–Crippen MR) is 122 cm³/mol. The summed E-state index contributed by atoms with van der Waals surface area (Å²) < 4.78 is 6.36. The van der Waals surface area contributed by atoms with Crippen LogP contribution in [0.15, 0.2) is 48.5 Å². The van der Waals surface area contributed by atoms with Gasteiger partial charge in [-0.1, -0.05) is 41.4 Å². The molecule has 0 atom stereocenters. The van der Waals surface area contributed by atoms with Gasteiger partial charge in [0.25, 0.3) is 0 Å². The van der Waals surface area contributed by atoms with Gasteiger partial charge in [0.1, 0.15) is 23.0 Å². The van der Waals surface area contributed by atoms with Gasteiger partial charge in [-0.25, -0.2) is 9.97 Å². The van der Waals surface area contributed by atoms with E-state index in [1.54, 1.807) is 12.1 Å². The molecule has 0 saturated carbocycles. The second kappa shape index (κ2) is 7.65. The molecule has 2 aliphatic rings. The molecular formula is C25H24ClN3O2. The third kappa shape index (κ3) is 3.90. The normalized spacial score (nSPS) is 17.4. The van der Waals surface area contributed by atoms with Crippen LogP contribution in [-0.4, -0.2) is 34.4 Å². The van der Waals surface area contributed by atoms with E-state index in [2.05, 4.69) is 52.1 Å². The van der Waals surface area contributed by atoms with E-state index in [-0.39, 0.29) is 5.78 Å². The number of carbonyl (C=O) groups excluding carboxylic acids is 1. The van der Waals surface area contributed by atoms with Crippen LogP contribution in [0.4, 0.5) is 5.82 Å². The summed E-state index contributed by atoms with van der Waals surface area (Å²) in [5.74, 6) is 2.43. The van der Waals surface area contributed by atoms with E-state index in [0.29, 0.717) is 22.8 Å². The third-order valence-electron chi connectivity index (χ3n) is 6.22. The lowest BCUT2D eigenvalue weighted by Gasteiger charge is -2.44. The average Bonchev–Trinajstić information content (AvgIpc) is 2.75. The Bertz CT molecular complexity index is 1150. The lowest BCUT2D eigenvalue weighted by atomic mass is 9.82. The van der Waals surface area contributed by atoms with Crippen LogP contribution in [0.25, 0.3) is 11.3 Å². The van der Waals surface area contributed by atoms with Crippen molar-refractivity contribution in [3.63, 3.8) is 0 Å². The molecule has 0 amide bonds. The number of fused-ring (bicyclic) bond motifs is 1. The Hall–Kier alpha value is -2.92. The molecule has 158 valence electrons. The zero-order valence-electron chi connectivity index (χ0n) is 17.7. The summed E-state index contributed by atoms with van der Waals surface area (Å²) in [6.45, 7) is 5.56. The van der Waals surface area contributed by atoms with Crippen LogP contribution in [0.3, 0.4) is 0 Å². The molecule has 2 aromatic carbocycles. The molecule has 0 unspecified atom stereocenters. The molecule has 5 nitrogen and oxygen atoms in total. The molecule has 3 aromatic rings. The largest absolute Gasteiger partial charge is 0.486 e. The number of nitrogens with zero attached hydrogens (tertiary/aromatic N) is 3. The summed E-state index contributed by atoms with van der Waals surface area (Å²) in [7, 11) is 0. The molecule has 5 rings (SSSR count). The van der Waals surface area contributed by atoms with E-state index >= 15 is 0 Å². The van der Waals surface area contributed by atoms with Gasteiger partial charge in [-0.05, 0) is 32.0 Å². The van der Waals surface area contributed by atoms with Gasteiger partial charge < -0.3 is 9.64 Å². The molecule has 0 radical (unpaired) electrons. The Morgan fingerprint density at radius 1 is 1.00 bits per heavy atom. The number of aryl methyl sites for hydroxylation is 2. The maximum absolute atomic E-state index is 12.8. The average molecular weight is 434 g/mol. The minimum absolute atomic E-state index is 0.108. The number of hydrogen-bond acceptors (Lipinski definition) is 5. The fourth-order valence-corrected chi connectivity index (χ4v) is 4.65. The van der Waals surface area contributed by atoms with Crippen molar-refractivity contribution in [1.82, 2.24) is 9.97 Å². The number of Topliss-reactive ketones (excluding diaryl/α,β-unsaturated/α-hetero) is 1. The Kier molecular flexibility index (Phi) is 4.94. The van der Waals surface area contributed by atoms with Crippen LogP contribution in [0.5, 0.6) is 5.75 Å². The van der Waals surface area contributed by atoms with Gasteiger partial charge >= 0.3 is 0 Å². The number of aromatic nitrogens is 2. The van der Waals surface area contributed by atoms with Gasteiger partial charge in [-0.15, -0.1) is 0 Å². The number of benzene rings is 2. The highest BCUT2D eigenvalue weighted by molar-refractivity contribution is 6.31. The van der Waals surface area contributed by atoms with Gasteiger partial charge in [0.15, 0.2) is 5.78 Å². The number of piperidine rings is 1. The first-order valence-corrected chi connectivity index (χ1v) is 11.0. The van der Waals surface area contributed by atoms with E-state index in [9.17, 15) is 4.79 Å². The van der Waals surface area contributed by atoms with Crippen LogP contribution in [0, 0.1) is 13.8 Å². The van der Waals surface area contributed by atoms with Crippen LogP contribution in [0.1, 0.15) is 41.0 Å². The lowest BCUT2D eigenvalue weighted by Crippen LogP contribution is -2.51. The Morgan fingerprint density at radius 2 is 1.74 bits per heavy atom. The molecule has 1 spiro atoms. The third-order valence-corrected chi connectivity index (χ3v) is 6.46. The molecule has 6 heteroatoms. The summed E-state index contributed by atoms with van der Waals surface area (Å²) in [6.07, 6.45) is 1.93. The van der Waals surface area contributed by atoms with Crippen molar-refractivity contribution in [2.45, 2.75) is 38.7 Å². The summed E-state index contributed by atoms with van der Waals surface area (Å²) >= 11 is 6.06. The van der Waals surface area contributed by atoms with Crippen molar-refractivity contribution in [1.29, 1.82) is 0 Å². The Balaban J connectivity index is 1.36. The zero-order chi connectivity index (χ0) is 21.6. The molecule has 1 fully saturated rings. The topological polar surface area (TPSA) is 55.3 Å². The summed E-state index contributed by atoms with van der Waals surface area (Å²) in [4.78, 5) is 24.3. The van der Waals surface area contributed by atoms with E-state index in [1.165, 1.54) is 5.56 Å². The highest BCUT2D eigenvalue weighted by Crippen LogP contribution is 2.40. The first kappa shape index (κ1) is 20.0. The van der Waals surface area contributed by atoms with Gasteiger partial charge in [0, 0.05) is 42.6 Å². The first-order chi connectivity index (χ1) is 14.9. The molecule has 3 heterocycles. The van der Waals surface area contributed by atoms with E-state index < -0.39 is 5.60 Å². The monoisotopic (exact) mass is 433 g/mol. The van der Waals surface area contributed by atoms with E-state index in [1.807, 2.05) is 13.0 Å². The maximum Gasteiger partial charge on any atom is 0.170 e. The van der Waals surface area contributed by atoms with Crippen molar-refractivity contribution < 1.29 is 9.53 Å². The fourth-order valence-electron chi connectivity index (χ4n) is 4.47. The number of anilines is 1. The van der Waals surface area contributed by atoms with E-state index in [4.69, 9.17) is 16.3 Å². The van der Waals surface area contributed by atoms with Crippen LogP contribution < -0.4 is 9.64 Å². The lowest BCUT2D eigenvalue weighted by molar-refractivity contribution is 0.0231. The molecule has 1 aromatic heterocycles. The Morgan fingerprint density at radius 3 is 2.48 bits per heavy atom. The van der Waals surface area contributed by atoms with Crippen molar-refractivity contribution in [2.24, 2.45) is 0 Å². The Labute approximate surface area is 187 Å². The standard InChI is InChI=1S/C25H24ClN3O2/c1-16-3-5-18(6-4-16)21-14-24(28-17(2)27-21)29-11-9-25(10-12-29)15-22(30)20-13-19(26)7-8-23(20)31-25/h3-8,13-14H,9-12,15H2,1-2H3. The van der Waals surface area contributed by atoms with Crippen LogP contribution in [0.2, 0.25) is 5.02 Å². The van der Waals surface area contributed by atoms with Gasteiger partial charge in [-0.3, -0.25) is 4.79 Å². The highest BCUT2D eigenvalue weighted by Gasteiger charge is 2.43. The number of hydrogen-bond donors (Lipinski definition) is 0. The van der Waals surface area contributed by atoms with Gasteiger partial charge in [0.05, 0.1) is 17.7 Å². The molecule has 2 aliphatic heterocycles. The molecule has 0 aliphatic carbocycles. The fraction of sp³-hybridized carbons (Fsp3) is 0.320. The molecule has 0 N–H and O–H groups in total. The number of ether oxygens (including phenoxy) is 1. The maximum atomic E-state index is 12.8. The minimum Gasteiger partial charge on any atom is -0.486 e. The summed E-state index contributed by atoms with van der Waals surface area (Å²) in [5.41, 5.74) is 3.38. The number of ketones is 1. The summed E-state index contributed by atoms with van der Waals surface area (Å²) in [6, 6.07) is 15.7. The number of carbonyl (C=O) groups is 1. The van der Waals surface area contributed by atoms with Gasteiger partial charge in [-0.2, -0.15) is 0 Å². The second-order valence-electron chi connectivity index (χ2n) is 8.54. The SMILES string of the molecule is Cc1ccc(-c2cc(N3CCC4(CC3)CC(=O)c3cc(Cl)ccc3O4)nc(C)n2)cc1. The van der Waals surface area contributed by atoms with E-state index in [0.717, 1.165) is 48.8 Å². The summed E-state index contributed by atoms with van der Waals surface area (Å²) in [5, 5.41) is 0.560. The van der Waals surface area contributed by atoms with Crippen LogP contribution in [-0.2, 0) is 0 Å². The van der Waals surface area contributed by atoms with Gasteiger partial charge in [0.2, 0.25) is 0 Å². The quantitative estimate of drug-likeness (QED) is 0.540. The molecule has 31 heavy (non-hydrogen) atoms. The van der Waals surface area contributed by atoms with Crippen molar-refractivity contribution in [3.8, 4) is 17.0 Å². The first-order valence-electron chi connectivity index (χ1n) is 10.6. The molecule has 0 bridgehead atoms. The molecular weight excluding hydrogens is 410 g/mol. The predicted octanol–water partition coefficient (Wildman–Crippen LogP) is 5.42. The zero-order valence-corrected chi connectivity index (χ0v) is 18.4. The smallest absolute Gasteiger partial charge is 0.170 e. The highest BCUT2D eigenvalue weighted by atomic mass is 35.5. The number of rotatable bonds is 2. The van der Waals surface area contributed by atoms with Crippen molar-refractivity contribution >= 4 is 23.2 Å². The second-order valence-corrected chi connectivity index (χ2v) is 8.97. The van der Waals surface area contributed by atoms with Crippen molar-refractivity contribution in [3.05, 3.63) is 70.5 Å². The van der Waals surface area contributed by atoms with Crippen molar-refractivity contribution in [2.75, 3.05) is 18.0 Å².